The Kier molecular flexibility index (Phi) is 7.25. The van der Waals surface area contributed by atoms with Crippen LogP contribution in [0.1, 0.15) is 32.7 Å². The summed E-state index contributed by atoms with van der Waals surface area (Å²) in [6, 6.07) is 14.8. The van der Waals surface area contributed by atoms with E-state index < -0.39 is 0 Å². The van der Waals surface area contributed by atoms with Gasteiger partial charge in [0.2, 0.25) is 0 Å². The Morgan fingerprint density at radius 1 is 1.24 bits per heavy atom. The molecule has 0 aliphatic rings. The summed E-state index contributed by atoms with van der Waals surface area (Å²) in [7, 11) is 3.93. The quantitative estimate of drug-likeness (QED) is 0.563. The second-order valence-electron chi connectivity index (χ2n) is 6.89. The Morgan fingerprint density at radius 3 is 2.72 bits per heavy atom. The zero-order valence-electron chi connectivity index (χ0n) is 16.7. The summed E-state index contributed by atoms with van der Waals surface area (Å²) in [5, 5.41) is 6.67. The van der Waals surface area contributed by atoms with Crippen LogP contribution in [0.3, 0.4) is 0 Å². The van der Waals surface area contributed by atoms with Gasteiger partial charge in [-0.05, 0) is 50.8 Å². The number of halogens is 1. The van der Waals surface area contributed by atoms with E-state index in [4.69, 9.17) is 16.3 Å². The van der Waals surface area contributed by atoms with Gasteiger partial charge in [0.25, 0.3) is 5.91 Å². The summed E-state index contributed by atoms with van der Waals surface area (Å²) in [6.07, 6.45) is 0. The molecule has 29 heavy (non-hydrogen) atoms. The van der Waals surface area contributed by atoms with Crippen LogP contribution in [0.4, 0.5) is 0 Å². The lowest BCUT2D eigenvalue weighted by Gasteiger charge is -2.26. The Hall–Kier alpha value is -2.41. The highest BCUT2D eigenvalue weighted by Gasteiger charge is 2.18. The van der Waals surface area contributed by atoms with Crippen molar-refractivity contribution in [3.63, 3.8) is 0 Å². The van der Waals surface area contributed by atoms with Crippen molar-refractivity contribution in [2.45, 2.75) is 19.6 Å². The molecule has 0 fully saturated rings. The first-order chi connectivity index (χ1) is 13.9. The average Bonchev–Trinajstić information content (AvgIpc) is 3.13. The third kappa shape index (κ3) is 5.79. The van der Waals surface area contributed by atoms with Crippen molar-refractivity contribution in [1.82, 2.24) is 15.2 Å². The standard InChI is InChI=1S/C22H24ClN3O2S/c1-15-25-17(14-29-15)13-28-18-8-6-7-16(11-18)22(27)24-12-21(26(2)3)19-9-4-5-10-20(19)23/h4-11,14,21H,12-13H2,1-3H3,(H,24,27). The molecular formula is C22H24ClN3O2S. The number of hydrogen-bond acceptors (Lipinski definition) is 5. The number of aromatic nitrogens is 1. The minimum atomic E-state index is -0.154. The van der Waals surface area contributed by atoms with E-state index in [-0.39, 0.29) is 11.9 Å². The molecule has 0 saturated carbocycles. The maximum absolute atomic E-state index is 12.7. The van der Waals surface area contributed by atoms with Gasteiger partial charge in [-0.3, -0.25) is 4.79 Å². The summed E-state index contributed by atoms with van der Waals surface area (Å²) in [5.41, 5.74) is 2.42. The third-order valence-electron chi connectivity index (χ3n) is 4.49. The zero-order valence-corrected chi connectivity index (χ0v) is 18.3. The second kappa shape index (κ2) is 9.87. The van der Waals surface area contributed by atoms with Gasteiger partial charge in [0, 0.05) is 22.5 Å². The Morgan fingerprint density at radius 2 is 2.03 bits per heavy atom. The summed E-state index contributed by atoms with van der Waals surface area (Å²) in [5.74, 6) is 0.484. The molecule has 0 bridgehead atoms. The first-order valence-electron chi connectivity index (χ1n) is 9.27. The minimum absolute atomic E-state index is 0.0278. The number of rotatable bonds is 8. The van der Waals surface area contributed by atoms with Crippen molar-refractivity contribution >= 4 is 28.8 Å². The number of carbonyl (C=O) groups excluding carboxylic acids is 1. The van der Waals surface area contributed by atoms with E-state index in [1.807, 2.05) is 67.7 Å². The number of likely N-dealkylation sites (N-methyl/N-ethyl adjacent to an activating group) is 1. The lowest BCUT2D eigenvalue weighted by molar-refractivity contribution is 0.0941. The van der Waals surface area contributed by atoms with Crippen LogP contribution in [0.5, 0.6) is 5.75 Å². The van der Waals surface area contributed by atoms with Gasteiger partial charge in [0.15, 0.2) is 0 Å². The summed E-state index contributed by atoms with van der Waals surface area (Å²) < 4.78 is 5.78. The van der Waals surface area contributed by atoms with Crippen LogP contribution in [-0.4, -0.2) is 36.4 Å². The lowest BCUT2D eigenvalue weighted by Crippen LogP contribution is -2.34. The topological polar surface area (TPSA) is 54.5 Å². The molecule has 3 rings (SSSR count). The molecule has 0 aliphatic carbocycles. The van der Waals surface area contributed by atoms with Crippen LogP contribution < -0.4 is 10.1 Å². The molecule has 7 heteroatoms. The normalized spacial score (nSPS) is 12.0. The van der Waals surface area contributed by atoms with Gasteiger partial charge >= 0.3 is 0 Å². The molecule has 0 spiro atoms. The van der Waals surface area contributed by atoms with E-state index in [9.17, 15) is 4.79 Å². The van der Waals surface area contributed by atoms with Gasteiger partial charge in [-0.2, -0.15) is 0 Å². The third-order valence-corrected chi connectivity index (χ3v) is 5.66. The molecule has 5 nitrogen and oxygen atoms in total. The first-order valence-corrected chi connectivity index (χ1v) is 10.5. The predicted molar refractivity (Wildman–Crippen MR) is 118 cm³/mol. The highest BCUT2D eigenvalue weighted by molar-refractivity contribution is 7.09. The maximum atomic E-state index is 12.7. The van der Waals surface area contributed by atoms with Gasteiger partial charge in [-0.25, -0.2) is 4.98 Å². The van der Waals surface area contributed by atoms with Gasteiger partial charge in [0.05, 0.1) is 16.7 Å². The fourth-order valence-corrected chi connectivity index (χ4v) is 3.83. The Balaban J connectivity index is 1.63. The van der Waals surface area contributed by atoms with Crippen LogP contribution in [0.2, 0.25) is 5.02 Å². The maximum Gasteiger partial charge on any atom is 0.251 e. The fraction of sp³-hybridized carbons (Fsp3) is 0.273. The van der Waals surface area contributed by atoms with E-state index in [2.05, 4.69) is 10.3 Å². The number of hydrogen-bond donors (Lipinski definition) is 1. The molecule has 1 N–H and O–H groups in total. The molecule has 1 amide bonds. The molecule has 1 unspecified atom stereocenters. The molecular weight excluding hydrogens is 406 g/mol. The fourth-order valence-electron chi connectivity index (χ4n) is 2.97. The molecule has 2 aromatic carbocycles. The zero-order chi connectivity index (χ0) is 20.8. The van der Waals surface area contributed by atoms with Gasteiger partial charge < -0.3 is 15.0 Å². The highest BCUT2D eigenvalue weighted by atomic mass is 35.5. The molecule has 0 saturated heterocycles. The van der Waals surface area contributed by atoms with E-state index in [1.54, 1.807) is 23.5 Å². The second-order valence-corrected chi connectivity index (χ2v) is 8.35. The van der Waals surface area contributed by atoms with Gasteiger partial charge in [-0.1, -0.05) is 35.9 Å². The Labute approximate surface area is 180 Å². The molecule has 3 aromatic rings. The van der Waals surface area contributed by atoms with Crippen LogP contribution in [-0.2, 0) is 6.61 Å². The largest absolute Gasteiger partial charge is 0.487 e. The SMILES string of the molecule is Cc1nc(COc2cccc(C(=O)NCC(c3ccccc3Cl)N(C)C)c2)cs1. The van der Waals surface area contributed by atoms with E-state index in [0.717, 1.165) is 16.3 Å². The minimum Gasteiger partial charge on any atom is -0.487 e. The number of thiazole rings is 1. The van der Waals surface area contributed by atoms with E-state index in [1.165, 1.54) is 0 Å². The molecule has 152 valence electrons. The number of nitrogens with one attached hydrogen (secondary N) is 1. The van der Waals surface area contributed by atoms with Crippen LogP contribution in [0.15, 0.2) is 53.9 Å². The smallest absolute Gasteiger partial charge is 0.251 e. The number of ether oxygens (including phenoxy) is 1. The molecule has 0 aliphatic heterocycles. The van der Waals surface area contributed by atoms with E-state index >= 15 is 0 Å². The van der Waals surface area contributed by atoms with Crippen LogP contribution in [0, 0.1) is 6.92 Å². The van der Waals surface area contributed by atoms with Crippen molar-refractivity contribution in [2.24, 2.45) is 0 Å². The van der Waals surface area contributed by atoms with Crippen LogP contribution in [0.25, 0.3) is 0 Å². The molecule has 1 heterocycles. The van der Waals surface area contributed by atoms with E-state index in [0.29, 0.717) is 29.5 Å². The van der Waals surface area contributed by atoms with Gasteiger partial charge in [-0.15, -0.1) is 11.3 Å². The average molecular weight is 430 g/mol. The Bertz CT molecular complexity index is 974. The predicted octanol–water partition coefficient (Wildman–Crippen LogP) is 4.72. The highest BCUT2D eigenvalue weighted by Crippen LogP contribution is 2.25. The monoisotopic (exact) mass is 429 g/mol. The van der Waals surface area contributed by atoms with Crippen molar-refractivity contribution in [2.75, 3.05) is 20.6 Å². The summed E-state index contributed by atoms with van der Waals surface area (Å²) in [6.45, 7) is 2.78. The number of carbonyl (C=O) groups is 1. The van der Waals surface area contributed by atoms with Crippen molar-refractivity contribution < 1.29 is 9.53 Å². The number of benzene rings is 2. The number of amides is 1. The molecule has 0 radical (unpaired) electrons. The number of aryl methyl sites for hydroxylation is 1. The lowest BCUT2D eigenvalue weighted by atomic mass is 10.1. The first kappa shape index (κ1) is 21.3. The molecule has 1 aromatic heterocycles. The van der Waals surface area contributed by atoms with Crippen molar-refractivity contribution in [3.05, 3.63) is 80.8 Å². The van der Waals surface area contributed by atoms with Crippen molar-refractivity contribution in [1.29, 1.82) is 0 Å². The molecule has 1 atom stereocenters. The van der Waals surface area contributed by atoms with Crippen molar-refractivity contribution in [3.8, 4) is 5.75 Å². The summed E-state index contributed by atoms with van der Waals surface area (Å²) >= 11 is 7.93. The van der Waals surface area contributed by atoms with Crippen LogP contribution >= 0.6 is 22.9 Å². The summed E-state index contributed by atoms with van der Waals surface area (Å²) in [4.78, 5) is 19.1. The number of nitrogens with zero attached hydrogens (tertiary/aromatic N) is 2. The van der Waals surface area contributed by atoms with Gasteiger partial charge in [0.1, 0.15) is 12.4 Å².